The zero-order valence-electron chi connectivity index (χ0n) is 10.6. The first kappa shape index (κ1) is 13.0. The Morgan fingerprint density at radius 2 is 2.19 bits per heavy atom. The molecule has 0 heterocycles. The summed E-state index contributed by atoms with van der Waals surface area (Å²) >= 11 is 0. The second kappa shape index (κ2) is 5.33. The first-order chi connectivity index (χ1) is 7.44. The number of carbonyl (C=O) groups excluding carboxylic acids is 1. The molecule has 0 amide bonds. The van der Waals surface area contributed by atoms with E-state index in [0.29, 0.717) is 18.8 Å². The molecular formula is C14H22O2. The Balaban J connectivity index is 2.58. The molecule has 0 unspecified atom stereocenters. The van der Waals surface area contributed by atoms with Gasteiger partial charge in [0.1, 0.15) is 5.76 Å². The number of ether oxygens (including phenoxy) is 1. The van der Waals surface area contributed by atoms with Crippen LogP contribution in [0.15, 0.2) is 24.0 Å². The van der Waals surface area contributed by atoms with Crippen LogP contribution in [0.2, 0.25) is 0 Å². The predicted octanol–water partition coefficient (Wildman–Crippen LogP) is 3.63. The number of hydrogen-bond donors (Lipinski definition) is 0. The van der Waals surface area contributed by atoms with E-state index in [1.807, 2.05) is 0 Å². The van der Waals surface area contributed by atoms with Gasteiger partial charge in [-0.15, -0.1) is 0 Å². The summed E-state index contributed by atoms with van der Waals surface area (Å²) in [5.41, 5.74) is 1.01. The van der Waals surface area contributed by atoms with Crippen molar-refractivity contribution in [3.63, 3.8) is 0 Å². The van der Waals surface area contributed by atoms with E-state index in [1.54, 1.807) is 6.08 Å². The molecule has 0 spiro atoms. The highest BCUT2D eigenvalue weighted by Gasteiger charge is 2.28. The topological polar surface area (TPSA) is 26.3 Å². The Kier molecular flexibility index (Phi) is 4.34. The molecule has 0 radical (unpaired) electrons. The van der Waals surface area contributed by atoms with Crippen LogP contribution in [0.4, 0.5) is 0 Å². The Morgan fingerprint density at radius 1 is 1.50 bits per heavy atom. The zero-order chi connectivity index (χ0) is 12.2. The van der Waals surface area contributed by atoms with Gasteiger partial charge >= 0.3 is 0 Å². The Hall–Kier alpha value is -1.05. The molecule has 0 aromatic carbocycles. The fourth-order valence-corrected chi connectivity index (χ4v) is 1.96. The second-order valence-corrected chi connectivity index (χ2v) is 5.28. The maximum atomic E-state index is 11.6. The predicted molar refractivity (Wildman–Crippen MR) is 66.1 cm³/mol. The van der Waals surface area contributed by atoms with Gasteiger partial charge in [-0.2, -0.15) is 0 Å². The summed E-state index contributed by atoms with van der Waals surface area (Å²) in [7, 11) is 0. The molecule has 0 atom stereocenters. The number of unbranched alkanes of at least 4 members (excludes halogenated alkanes) is 1. The van der Waals surface area contributed by atoms with Gasteiger partial charge < -0.3 is 4.74 Å². The molecule has 0 aliphatic heterocycles. The highest BCUT2D eigenvalue weighted by Crippen LogP contribution is 2.36. The van der Waals surface area contributed by atoms with Gasteiger partial charge in [0.05, 0.1) is 6.61 Å². The van der Waals surface area contributed by atoms with Gasteiger partial charge in [0.25, 0.3) is 0 Å². The summed E-state index contributed by atoms with van der Waals surface area (Å²) in [6.45, 7) is 10.9. The highest BCUT2D eigenvalue weighted by molar-refractivity contribution is 5.92. The second-order valence-electron chi connectivity index (χ2n) is 5.28. The first-order valence-electron chi connectivity index (χ1n) is 6.00. The maximum Gasteiger partial charge on any atom is 0.156 e. The van der Waals surface area contributed by atoms with Crippen LogP contribution in [0.5, 0.6) is 0 Å². The largest absolute Gasteiger partial charge is 0.494 e. The lowest BCUT2D eigenvalue weighted by atomic mass is 9.76. The minimum Gasteiger partial charge on any atom is -0.494 e. The summed E-state index contributed by atoms with van der Waals surface area (Å²) in [5.74, 6) is 0.862. The van der Waals surface area contributed by atoms with E-state index >= 15 is 0 Å². The van der Waals surface area contributed by atoms with Crippen LogP contribution in [0.3, 0.4) is 0 Å². The molecule has 0 aromatic heterocycles. The molecule has 0 saturated carbocycles. The monoisotopic (exact) mass is 222 g/mol. The third-order valence-corrected chi connectivity index (χ3v) is 2.79. The minimum atomic E-state index is 0.0399. The van der Waals surface area contributed by atoms with Crippen LogP contribution < -0.4 is 0 Å². The average molecular weight is 222 g/mol. The number of ketones is 1. The van der Waals surface area contributed by atoms with Crippen LogP contribution in [0, 0.1) is 5.41 Å². The van der Waals surface area contributed by atoms with Gasteiger partial charge in [-0.25, -0.2) is 0 Å². The smallest absolute Gasteiger partial charge is 0.156 e. The number of allylic oxidation sites excluding steroid dienone is 2. The number of hydrogen-bond acceptors (Lipinski definition) is 2. The van der Waals surface area contributed by atoms with Gasteiger partial charge in [0.2, 0.25) is 0 Å². The standard InChI is InChI=1S/C14H22O2/c1-5-6-7-16-11(2)12-8-13(15)10-14(3,4)9-12/h8H,2,5-7,9-10H2,1,3-4H3. The van der Waals surface area contributed by atoms with Gasteiger partial charge in [-0.05, 0) is 29.9 Å². The van der Waals surface area contributed by atoms with E-state index in [9.17, 15) is 4.79 Å². The van der Waals surface area contributed by atoms with E-state index < -0.39 is 0 Å². The molecular weight excluding hydrogens is 200 g/mol. The summed E-state index contributed by atoms with van der Waals surface area (Å²) in [5, 5.41) is 0. The highest BCUT2D eigenvalue weighted by atomic mass is 16.5. The van der Waals surface area contributed by atoms with Crippen molar-refractivity contribution in [1.82, 2.24) is 0 Å². The normalized spacial score (nSPS) is 19.2. The van der Waals surface area contributed by atoms with Crippen molar-refractivity contribution in [3.8, 4) is 0 Å². The molecule has 0 aromatic rings. The van der Waals surface area contributed by atoms with Crippen molar-refractivity contribution in [1.29, 1.82) is 0 Å². The number of rotatable bonds is 5. The molecule has 0 bridgehead atoms. The SMILES string of the molecule is C=C(OCCCC)C1=CC(=O)CC(C)(C)C1. The van der Waals surface area contributed by atoms with Crippen molar-refractivity contribution in [2.45, 2.75) is 46.5 Å². The molecule has 90 valence electrons. The van der Waals surface area contributed by atoms with E-state index in [1.165, 1.54) is 0 Å². The fourth-order valence-electron chi connectivity index (χ4n) is 1.96. The van der Waals surface area contributed by atoms with E-state index in [2.05, 4.69) is 27.4 Å². The third kappa shape index (κ3) is 3.84. The zero-order valence-corrected chi connectivity index (χ0v) is 10.6. The fraction of sp³-hybridized carbons (Fsp3) is 0.643. The van der Waals surface area contributed by atoms with E-state index in [0.717, 1.165) is 24.8 Å². The molecule has 16 heavy (non-hydrogen) atoms. The van der Waals surface area contributed by atoms with Crippen LogP contribution in [0.1, 0.15) is 46.5 Å². The molecule has 1 aliphatic rings. The third-order valence-electron chi connectivity index (χ3n) is 2.79. The summed E-state index contributed by atoms with van der Waals surface area (Å²) < 4.78 is 5.55. The van der Waals surface area contributed by atoms with Crippen molar-refractivity contribution >= 4 is 5.78 Å². The lowest BCUT2D eigenvalue weighted by Crippen LogP contribution is -2.22. The van der Waals surface area contributed by atoms with E-state index in [4.69, 9.17) is 4.74 Å². The van der Waals surface area contributed by atoms with E-state index in [-0.39, 0.29) is 11.2 Å². The lowest BCUT2D eigenvalue weighted by Gasteiger charge is -2.29. The van der Waals surface area contributed by atoms with Crippen LogP contribution in [-0.4, -0.2) is 12.4 Å². The summed E-state index contributed by atoms with van der Waals surface area (Å²) in [4.78, 5) is 11.6. The van der Waals surface area contributed by atoms with Crippen LogP contribution in [-0.2, 0) is 9.53 Å². The summed E-state index contributed by atoms with van der Waals surface area (Å²) in [6.07, 6.45) is 5.34. The quantitative estimate of drug-likeness (QED) is 0.524. The number of carbonyl (C=O) groups is 1. The average Bonchev–Trinajstić information content (AvgIpc) is 2.14. The molecule has 2 nitrogen and oxygen atoms in total. The Morgan fingerprint density at radius 3 is 2.75 bits per heavy atom. The van der Waals surface area contributed by atoms with Crippen molar-refractivity contribution in [2.24, 2.45) is 5.41 Å². The minimum absolute atomic E-state index is 0.0399. The molecule has 0 saturated heterocycles. The molecule has 0 fully saturated rings. The van der Waals surface area contributed by atoms with Gasteiger partial charge in [-0.3, -0.25) is 4.79 Å². The lowest BCUT2D eigenvalue weighted by molar-refractivity contribution is -0.117. The maximum absolute atomic E-state index is 11.6. The molecule has 0 N–H and O–H groups in total. The molecule has 1 rings (SSSR count). The van der Waals surface area contributed by atoms with Crippen LogP contribution >= 0.6 is 0 Å². The van der Waals surface area contributed by atoms with Crippen molar-refractivity contribution in [2.75, 3.05) is 6.61 Å². The van der Waals surface area contributed by atoms with Gasteiger partial charge in [0, 0.05) is 6.42 Å². The van der Waals surface area contributed by atoms with Gasteiger partial charge in [-0.1, -0.05) is 33.8 Å². The Bertz CT molecular complexity index is 311. The van der Waals surface area contributed by atoms with Crippen molar-refractivity contribution < 1.29 is 9.53 Å². The Labute approximate surface area is 98.4 Å². The molecule has 1 aliphatic carbocycles. The molecule has 2 heteroatoms. The van der Waals surface area contributed by atoms with Crippen LogP contribution in [0.25, 0.3) is 0 Å². The summed E-state index contributed by atoms with van der Waals surface area (Å²) in [6, 6.07) is 0. The van der Waals surface area contributed by atoms with Crippen molar-refractivity contribution in [3.05, 3.63) is 24.0 Å². The van der Waals surface area contributed by atoms with Gasteiger partial charge in [0.15, 0.2) is 5.78 Å². The first-order valence-corrected chi connectivity index (χ1v) is 6.00.